The molecule has 2 heterocycles. The Hall–Kier alpha value is -1.27. The maximum Gasteiger partial charge on any atom is 0.230 e. The first-order chi connectivity index (χ1) is 10.3. The Morgan fingerprint density at radius 3 is 2.81 bits per heavy atom. The predicted octanol–water partition coefficient (Wildman–Crippen LogP) is 3.53. The summed E-state index contributed by atoms with van der Waals surface area (Å²) < 4.78 is 6.38. The number of aromatic nitrogens is 3. The molecule has 1 saturated carbocycles. The lowest BCUT2D eigenvalue weighted by Gasteiger charge is -2.26. The largest absolute Gasteiger partial charge is 0.339 e. The van der Waals surface area contributed by atoms with Gasteiger partial charge in [-0.2, -0.15) is 4.98 Å². The van der Waals surface area contributed by atoms with Crippen LogP contribution in [0.5, 0.6) is 0 Å². The highest BCUT2D eigenvalue weighted by atomic mass is 79.9. The number of hydrogen-bond acceptors (Lipinski definition) is 5. The normalized spacial score (nSPS) is 22.4. The van der Waals surface area contributed by atoms with Gasteiger partial charge in [0.25, 0.3) is 0 Å². The monoisotopic (exact) mass is 350 g/mol. The molecule has 0 spiro atoms. The lowest BCUT2D eigenvalue weighted by atomic mass is 9.86. The van der Waals surface area contributed by atoms with E-state index in [9.17, 15) is 0 Å². The minimum atomic E-state index is 0.390. The minimum Gasteiger partial charge on any atom is -0.339 e. The standard InChI is InChI=1S/C15H19BrN4O/c1-2-18-13-5-3-10(4-6-13)15-19-14(20-21-15)11-7-12(16)9-17-8-11/h7-10,13,18H,2-6H2,1H3. The van der Waals surface area contributed by atoms with E-state index >= 15 is 0 Å². The van der Waals surface area contributed by atoms with Gasteiger partial charge in [0.05, 0.1) is 0 Å². The second-order valence-corrected chi connectivity index (χ2v) is 6.37. The number of nitrogens with zero attached hydrogens (tertiary/aromatic N) is 3. The average molecular weight is 351 g/mol. The Bertz CT molecular complexity index is 593. The Morgan fingerprint density at radius 2 is 2.10 bits per heavy atom. The molecule has 1 N–H and O–H groups in total. The fraction of sp³-hybridized carbons (Fsp3) is 0.533. The first-order valence-electron chi connectivity index (χ1n) is 7.44. The van der Waals surface area contributed by atoms with E-state index in [1.54, 1.807) is 12.4 Å². The summed E-state index contributed by atoms with van der Waals surface area (Å²) in [5, 5.41) is 7.61. The summed E-state index contributed by atoms with van der Waals surface area (Å²) in [6, 6.07) is 2.59. The van der Waals surface area contributed by atoms with Gasteiger partial charge in [0.1, 0.15) is 0 Å². The molecule has 0 bridgehead atoms. The molecule has 1 aliphatic carbocycles. The smallest absolute Gasteiger partial charge is 0.230 e. The molecule has 0 unspecified atom stereocenters. The van der Waals surface area contributed by atoms with Crippen molar-refractivity contribution in [1.29, 1.82) is 0 Å². The molecule has 0 atom stereocenters. The molecule has 1 aliphatic rings. The SMILES string of the molecule is CCNC1CCC(c2nc(-c3cncc(Br)c3)no2)CC1. The van der Waals surface area contributed by atoms with Gasteiger partial charge in [0, 0.05) is 34.4 Å². The molecule has 6 heteroatoms. The van der Waals surface area contributed by atoms with Crippen molar-refractivity contribution in [2.24, 2.45) is 0 Å². The number of rotatable bonds is 4. The van der Waals surface area contributed by atoms with Crippen molar-refractivity contribution >= 4 is 15.9 Å². The van der Waals surface area contributed by atoms with E-state index in [-0.39, 0.29) is 0 Å². The molecular formula is C15H19BrN4O. The zero-order valence-corrected chi connectivity index (χ0v) is 13.6. The van der Waals surface area contributed by atoms with Gasteiger partial charge in [0.2, 0.25) is 11.7 Å². The van der Waals surface area contributed by atoms with Gasteiger partial charge in [-0.3, -0.25) is 4.98 Å². The van der Waals surface area contributed by atoms with Crippen molar-refractivity contribution < 1.29 is 4.52 Å². The van der Waals surface area contributed by atoms with Crippen molar-refractivity contribution in [3.05, 3.63) is 28.8 Å². The second-order valence-electron chi connectivity index (χ2n) is 5.45. The van der Waals surface area contributed by atoms with Crippen molar-refractivity contribution in [2.45, 2.75) is 44.6 Å². The third kappa shape index (κ3) is 3.49. The van der Waals surface area contributed by atoms with Crippen LogP contribution in [-0.4, -0.2) is 27.7 Å². The fourth-order valence-electron chi connectivity index (χ4n) is 2.89. The van der Waals surface area contributed by atoms with Crippen LogP contribution in [0, 0.1) is 0 Å². The molecule has 1 fully saturated rings. The van der Waals surface area contributed by atoms with Gasteiger partial charge in [-0.25, -0.2) is 0 Å². The highest BCUT2D eigenvalue weighted by Gasteiger charge is 2.26. The second kappa shape index (κ2) is 6.66. The molecule has 0 aromatic carbocycles. The lowest BCUT2D eigenvalue weighted by Crippen LogP contribution is -2.32. The van der Waals surface area contributed by atoms with Crippen molar-refractivity contribution in [3.63, 3.8) is 0 Å². The molecule has 112 valence electrons. The van der Waals surface area contributed by atoms with Crippen LogP contribution in [0.2, 0.25) is 0 Å². The van der Waals surface area contributed by atoms with Crippen LogP contribution in [0.3, 0.4) is 0 Å². The Kier molecular flexibility index (Phi) is 4.65. The first kappa shape index (κ1) is 14.7. The highest BCUT2D eigenvalue weighted by Crippen LogP contribution is 2.33. The maximum atomic E-state index is 5.47. The van der Waals surface area contributed by atoms with Crippen LogP contribution in [0.15, 0.2) is 27.5 Å². The molecular weight excluding hydrogens is 332 g/mol. The number of pyridine rings is 1. The van der Waals surface area contributed by atoms with Gasteiger partial charge in [-0.05, 0) is 54.2 Å². The lowest BCUT2D eigenvalue weighted by molar-refractivity contribution is 0.285. The maximum absolute atomic E-state index is 5.47. The number of hydrogen-bond donors (Lipinski definition) is 1. The Labute approximate surface area is 132 Å². The summed E-state index contributed by atoms with van der Waals surface area (Å²) >= 11 is 3.41. The van der Waals surface area contributed by atoms with Crippen molar-refractivity contribution in [2.75, 3.05) is 6.54 Å². The van der Waals surface area contributed by atoms with Gasteiger partial charge in [-0.1, -0.05) is 12.1 Å². The summed E-state index contributed by atoms with van der Waals surface area (Å²) in [6.45, 7) is 3.19. The number of halogens is 1. The van der Waals surface area contributed by atoms with Crippen LogP contribution in [0.1, 0.15) is 44.4 Å². The Balaban J connectivity index is 1.68. The van der Waals surface area contributed by atoms with Gasteiger partial charge < -0.3 is 9.84 Å². The minimum absolute atomic E-state index is 0.390. The van der Waals surface area contributed by atoms with Gasteiger partial charge in [-0.15, -0.1) is 0 Å². The molecule has 0 radical (unpaired) electrons. The predicted molar refractivity (Wildman–Crippen MR) is 83.9 cm³/mol. The van der Waals surface area contributed by atoms with E-state index in [0.717, 1.165) is 35.3 Å². The topological polar surface area (TPSA) is 63.8 Å². The highest BCUT2D eigenvalue weighted by molar-refractivity contribution is 9.10. The summed E-state index contributed by atoms with van der Waals surface area (Å²) in [7, 11) is 0. The summed E-state index contributed by atoms with van der Waals surface area (Å²) in [6.07, 6.45) is 8.06. The quantitative estimate of drug-likeness (QED) is 0.913. The summed E-state index contributed by atoms with van der Waals surface area (Å²) in [4.78, 5) is 8.69. The summed E-state index contributed by atoms with van der Waals surface area (Å²) in [5.74, 6) is 1.77. The van der Waals surface area contributed by atoms with Crippen LogP contribution < -0.4 is 5.32 Å². The third-order valence-electron chi connectivity index (χ3n) is 3.97. The molecule has 0 amide bonds. The molecule has 0 aliphatic heterocycles. The van der Waals surface area contributed by atoms with Crippen LogP contribution in [0.4, 0.5) is 0 Å². The van der Waals surface area contributed by atoms with E-state index in [0.29, 0.717) is 17.8 Å². The fourth-order valence-corrected chi connectivity index (χ4v) is 3.25. The Morgan fingerprint density at radius 1 is 1.29 bits per heavy atom. The number of nitrogens with one attached hydrogen (secondary N) is 1. The zero-order valence-electron chi connectivity index (χ0n) is 12.1. The zero-order chi connectivity index (χ0) is 14.7. The average Bonchev–Trinajstić information content (AvgIpc) is 2.98. The molecule has 2 aromatic rings. The van der Waals surface area contributed by atoms with E-state index in [2.05, 4.69) is 43.3 Å². The van der Waals surface area contributed by atoms with E-state index in [1.165, 1.54) is 12.8 Å². The van der Waals surface area contributed by atoms with E-state index in [4.69, 9.17) is 4.52 Å². The van der Waals surface area contributed by atoms with Gasteiger partial charge >= 0.3 is 0 Å². The first-order valence-corrected chi connectivity index (χ1v) is 8.23. The summed E-state index contributed by atoms with van der Waals surface area (Å²) in [5.41, 5.74) is 0.876. The van der Waals surface area contributed by atoms with E-state index < -0.39 is 0 Å². The third-order valence-corrected chi connectivity index (χ3v) is 4.41. The molecule has 2 aromatic heterocycles. The van der Waals surface area contributed by atoms with Crippen LogP contribution in [0.25, 0.3) is 11.4 Å². The van der Waals surface area contributed by atoms with Crippen LogP contribution in [-0.2, 0) is 0 Å². The van der Waals surface area contributed by atoms with Crippen LogP contribution >= 0.6 is 15.9 Å². The van der Waals surface area contributed by atoms with Crippen molar-refractivity contribution in [3.8, 4) is 11.4 Å². The molecule has 5 nitrogen and oxygen atoms in total. The molecule has 21 heavy (non-hydrogen) atoms. The van der Waals surface area contributed by atoms with Crippen molar-refractivity contribution in [1.82, 2.24) is 20.4 Å². The van der Waals surface area contributed by atoms with Gasteiger partial charge in [0.15, 0.2) is 0 Å². The molecule has 0 saturated heterocycles. The molecule has 3 rings (SSSR count). The van der Waals surface area contributed by atoms with E-state index in [1.807, 2.05) is 6.07 Å².